The predicted molar refractivity (Wildman–Crippen MR) is 128 cm³/mol. The average Bonchev–Trinajstić information content (AvgIpc) is 3.20. The summed E-state index contributed by atoms with van der Waals surface area (Å²) < 4.78 is 11.5. The number of H-pyrrole nitrogens is 1. The number of imidazole rings is 1. The Bertz CT molecular complexity index is 1300. The molecule has 160 valence electrons. The summed E-state index contributed by atoms with van der Waals surface area (Å²) in [6.07, 6.45) is 1.80. The van der Waals surface area contributed by atoms with Crippen LogP contribution in [0.25, 0.3) is 22.7 Å². The van der Waals surface area contributed by atoms with Gasteiger partial charge in [-0.15, -0.1) is 0 Å². The maximum Gasteiger partial charge on any atom is 0.161 e. The highest BCUT2D eigenvalue weighted by Crippen LogP contribution is 2.30. The monoisotopic (exact) mass is 423 g/mol. The first-order chi connectivity index (χ1) is 15.5. The highest BCUT2D eigenvalue weighted by atomic mass is 16.5. The van der Waals surface area contributed by atoms with Crippen LogP contribution < -0.4 is 9.47 Å². The Labute approximate surface area is 188 Å². The third-order valence-corrected chi connectivity index (χ3v) is 5.49. The molecule has 1 heterocycles. The van der Waals surface area contributed by atoms with E-state index in [1.807, 2.05) is 24.3 Å². The molecule has 0 radical (unpaired) electrons. The number of benzene rings is 3. The Kier molecular flexibility index (Phi) is 5.96. The zero-order valence-electron chi connectivity index (χ0n) is 18.7. The van der Waals surface area contributed by atoms with Crippen LogP contribution >= 0.6 is 0 Å². The van der Waals surface area contributed by atoms with Gasteiger partial charge in [-0.3, -0.25) is 0 Å². The minimum atomic E-state index is 0.451. The van der Waals surface area contributed by atoms with Crippen LogP contribution in [0.2, 0.25) is 0 Å². The van der Waals surface area contributed by atoms with Gasteiger partial charge in [-0.25, -0.2) is 4.98 Å². The summed E-state index contributed by atoms with van der Waals surface area (Å²) in [5, 5.41) is 9.75. The molecule has 0 bridgehead atoms. The molecule has 0 atom stereocenters. The summed E-state index contributed by atoms with van der Waals surface area (Å²) in [6.45, 7) is 6.62. The third kappa shape index (κ3) is 4.50. The lowest BCUT2D eigenvalue weighted by molar-refractivity contribution is 0.284. The fraction of sp³-hybridized carbons (Fsp3) is 0.185. The molecule has 0 saturated carbocycles. The van der Waals surface area contributed by atoms with Crippen molar-refractivity contribution in [3.05, 3.63) is 88.2 Å². The number of aryl methyl sites for hydroxylation is 3. The Balaban J connectivity index is 1.59. The van der Waals surface area contributed by atoms with Crippen molar-refractivity contribution in [2.45, 2.75) is 27.4 Å². The van der Waals surface area contributed by atoms with Gasteiger partial charge in [-0.2, -0.15) is 5.26 Å². The molecule has 0 unspecified atom stereocenters. The van der Waals surface area contributed by atoms with Gasteiger partial charge < -0.3 is 14.5 Å². The predicted octanol–water partition coefficient (Wildman–Crippen LogP) is 6.14. The highest BCUT2D eigenvalue weighted by Gasteiger charge is 2.11. The van der Waals surface area contributed by atoms with Crippen LogP contribution in [0.1, 0.15) is 33.6 Å². The van der Waals surface area contributed by atoms with Crippen LogP contribution in [0.3, 0.4) is 0 Å². The van der Waals surface area contributed by atoms with Crippen molar-refractivity contribution in [2.75, 3.05) is 7.11 Å². The summed E-state index contributed by atoms with van der Waals surface area (Å²) in [5.74, 6) is 1.81. The van der Waals surface area contributed by atoms with E-state index >= 15 is 0 Å². The van der Waals surface area contributed by atoms with E-state index < -0.39 is 0 Å². The van der Waals surface area contributed by atoms with E-state index in [9.17, 15) is 5.26 Å². The van der Waals surface area contributed by atoms with Crippen molar-refractivity contribution in [2.24, 2.45) is 0 Å². The molecule has 5 heteroatoms. The maximum absolute atomic E-state index is 9.75. The lowest BCUT2D eigenvalue weighted by Crippen LogP contribution is -1.98. The maximum atomic E-state index is 9.75. The molecule has 1 N–H and O–H groups in total. The van der Waals surface area contributed by atoms with Gasteiger partial charge in [0, 0.05) is 0 Å². The van der Waals surface area contributed by atoms with Crippen molar-refractivity contribution in [3.63, 3.8) is 0 Å². The molecule has 0 aliphatic rings. The molecule has 4 rings (SSSR count). The first-order valence-electron chi connectivity index (χ1n) is 10.4. The standard InChI is InChI=1S/C27H25N3O2/c1-17-5-7-20(8-6-17)16-32-25-10-9-21(14-26(25)31-4)13-22(15-28)27-29-23-11-18(2)19(3)12-24(23)30-27/h5-14H,16H2,1-4H3,(H,29,30)/b22-13-. The van der Waals surface area contributed by atoms with E-state index in [-0.39, 0.29) is 0 Å². The second-order valence-corrected chi connectivity index (χ2v) is 7.89. The summed E-state index contributed by atoms with van der Waals surface area (Å²) in [6, 6.07) is 20.2. The molecule has 0 saturated heterocycles. The number of hydrogen-bond donors (Lipinski definition) is 1. The molecule has 0 amide bonds. The molecule has 4 aromatic rings. The fourth-order valence-electron chi connectivity index (χ4n) is 3.46. The molecule has 32 heavy (non-hydrogen) atoms. The van der Waals surface area contributed by atoms with Gasteiger partial charge >= 0.3 is 0 Å². The molecule has 1 aromatic heterocycles. The van der Waals surface area contributed by atoms with Gasteiger partial charge in [0.05, 0.1) is 23.7 Å². The number of hydrogen-bond acceptors (Lipinski definition) is 4. The van der Waals surface area contributed by atoms with Crippen LogP contribution in [0.15, 0.2) is 54.6 Å². The van der Waals surface area contributed by atoms with Gasteiger partial charge in [0.2, 0.25) is 0 Å². The number of aromatic amines is 1. The lowest BCUT2D eigenvalue weighted by Gasteiger charge is -2.11. The van der Waals surface area contributed by atoms with Crippen molar-refractivity contribution < 1.29 is 9.47 Å². The number of rotatable bonds is 6. The second kappa shape index (κ2) is 8.99. The smallest absolute Gasteiger partial charge is 0.161 e. The topological polar surface area (TPSA) is 70.9 Å². The van der Waals surface area contributed by atoms with E-state index in [4.69, 9.17) is 9.47 Å². The fourth-order valence-corrected chi connectivity index (χ4v) is 3.46. The Morgan fingerprint density at radius 1 is 1.00 bits per heavy atom. The van der Waals surface area contributed by atoms with Crippen LogP contribution in [0.4, 0.5) is 0 Å². The number of ether oxygens (including phenoxy) is 2. The van der Waals surface area contributed by atoms with Crippen molar-refractivity contribution >= 4 is 22.7 Å². The van der Waals surface area contributed by atoms with Crippen LogP contribution in [-0.4, -0.2) is 17.1 Å². The SMILES string of the molecule is COc1cc(/C=C(/C#N)c2nc3cc(C)c(C)cc3[nH]2)ccc1OCc1ccc(C)cc1. The van der Waals surface area contributed by atoms with Gasteiger partial charge in [0.1, 0.15) is 18.5 Å². The molecule has 0 aliphatic carbocycles. The molecule has 0 fully saturated rings. The van der Waals surface area contributed by atoms with Crippen molar-refractivity contribution in [3.8, 4) is 17.6 Å². The summed E-state index contributed by atoms with van der Waals surface area (Å²) in [4.78, 5) is 7.87. The molecule has 0 spiro atoms. The number of methoxy groups -OCH3 is 1. The second-order valence-electron chi connectivity index (χ2n) is 7.89. The molecular formula is C27H25N3O2. The molecule has 5 nitrogen and oxygen atoms in total. The number of nitrogens with zero attached hydrogens (tertiary/aromatic N) is 2. The van der Waals surface area contributed by atoms with E-state index in [0.29, 0.717) is 29.5 Å². The summed E-state index contributed by atoms with van der Waals surface area (Å²) in [7, 11) is 1.61. The summed E-state index contributed by atoms with van der Waals surface area (Å²) >= 11 is 0. The Morgan fingerprint density at radius 2 is 1.75 bits per heavy atom. The zero-order valence-corrected chi connectivity index (χ0v) is 18.7. The highest BCUT2D eigenvalue weighted by molar-refractivity contribution is 5.90. The average molecular weight is 424 g/mol. The lowest BCUT2D eigenvalue weighted by atomic mass is 10.1. The Morgan fingerprint density at radius 3 is 2.47 bits per heavy atom. The first kappa shape index (κ1) is 21.2. The normalized spacial score (nSPS) is 11.4. The van der Waals surface area contributed by atoms with Crippen LogP contribution in [-0.2, 0) is 6.61 Å². The number of nitriles is 1. The minimum absolute atomic E-state index is 0.451. The number of nitrogens with one attached hydrogen (secondary N) is 1. The van der Waals surface area contributed by atoms with Gasteiger partial charge in [-0.1, -0.05) is 35.9 Å². The van der Waals surface area contributed by atoms with Gasteiger partial charge in [0.15, 0.2) is 11.5 Å². The number of fused-ring (bicyclic) bond motifs is 1. The van der Waals surface area contributed by atoms with Crippen LogP contribution in [0.5, 0.6) is 11.5 Å². The van der Waals surface area contributed by atoms with E-state index in [2.05, 4.69) is 67.1 Å². The largest absolute Gasteiger partial charge is 0.493 e. The molecular weight excluding hydrogens is 398 g/mol. The third-order valence-electron chi connectivity index (χ3n) is 5.49. The minimum Gasteiger partial charge on any atom is -0.493 e. The molecule has 3 aromatic carbocycles. The van der Waals surface area contributed by atoms with Crippen molar-refractivity contribution in [1.29, 1.82) is 5.26 Å². The van der Waals surface area contributed by atoms with Gasteiger partial charge in [0.25, 0.3) is 0 Å². The zero-order chi connectivity index (χ0) is 22.7. The number of aromatic nitrogens is 2. The van der Waals surface area contributed by atoms with E-state index in [0.717, 1.165) is 22.2 Å². The summed E-state index contributed by atoms with van der Waals surface area (Å²) in [5.41, 5.74) is 7.70. The van der Waals surface area contributed by atoms with Crippen molar-refractivity contribution in [1.82, 2.24) is 9.97 Å². The molecule has 0 aliphatic heterocycles. The first-order valence-corrected chi connectivity index (χ1v) is 10.4. The quantitative estimate of drug-likeness (QED) is 0.378. The number of allylic oxidation sites excluding steroid dienone is 1. The van der Waals surface area contributed by atoms with E-state index in [1.54, 1.807) is 13.2 Å². The van der Waals surface area contributed by atoms with Crippen LogP contribution in [0, 0.1) is 32.1 Å². The van der Waals surface area contributed by atoms with E-state index in [1.165, 1.54) is 16.7 Å². The van der Waals surface area contributed by atoms with Gasteiger partial charge in [-0.05, 0) is 73.4 Å². The Hall–Kier alpha value is -4.04.